The summed E-state index contributed by atoms with van der Waals surface area (Å²) < 4.78 is 11.0. The lowest BCUT2D eigenvalue weighted by molar-refractivity contribution is -0.119. The van der Waals surface area contributed by atoms with Crippen LogP contribution < -0.4 is 10.1 Å². The first-order valence-electron chi connectivity index (χ1n) is 9.03. The number of fused-ring (bicyclic) bond motifs is 3. The number of aromatic amines is 1. The number of H-pyrrole nitrogens is 1. The predicted molar refractivity (Wildman–Crippen MR) is 103 cm³/mol. The van der Waals surface area contributed by atoms with Crippen molar-refractivity contribution < 1.29 is 14.3 Å². The lowest BCUT2D eigenvalue weighted by Crippen LogP contribution is -2.32. The molecular formula is C18H21N5O3S. The van der Waals surface area contributed by atoms with Gasteiger partial charge in [-0.3, -0.25) is 4.79 Å². The second-order valence-corrected chi connectivity index (χ2v) is 7.23. The van der Waals surface area contributed by atoms with Gasteiger partial charge in [0, 0.05) is 24.1 Å². The van der Waals surface area contributed by atoms with Crippen LogP contribution in [0.1, 0.15) is 19.8 Å². The van der Waals surface area contributed by atoms with E-state index in [0.29, 0.717) is 29.5 Å². The maximum absolute atomic E-state index is 12.0. The van der Waals surface area contributed by atoms with Crippen molar-refractivity contribution in [1.29, 1.82) is 0 Å². The molecule has 3 aromatic rings. The van der Waals surface area contributed by atoms with Gasteiger partial charge in [0.2, 0.25) is 11.1 Å². The summed E-state index contributed by atoms with van der Waals surface area (Å²) in [6.07, 6.45) is 2.20. The van der Waals surface area contributed by atoms with Crippen molar-refractivity contribution in [1.82, 2.24) is 25.5 Å². The van der Waals surface area contributed by atoms with Crippen molar-refractivity contribution in [2.75, 3.05) is 25.5 Å². The Labute approximate surface area is 160 Å². The zero-order chi connectivity index (χ0) is 18.6. The number of nitrogens with zero attached hydrogens (tertiary/aromatic N) is 3. The van der Waals surface area contributed by atoms with Crippen LogP contribution in [-0.4, -0.2) is 57.7 Å². The highest BCUT2D eigenvalue weighted by atomic mass is 32.2. The summed E-state index contributed by atoms with van der Waals surface area (Å²) in [6.45, 7) is 3.89. The van der Waals surface area contributed by atoms with Crippen LogP contribution >= 0.6 is 11.8 Å². The molecule has 8 nitrogen and oxygen atoms in total. The summed E-state index contributed by atoms with van der Waals surface area (Å²) in [5, 5.41) is 12.7. The Balaban J connectivity index is 1.42. The smallest absolute Gasteiger partial charge is 0.230 e. The van der Waals surface area contributed by atoms with E-state index in [9.17, 15) is 4.79 Å². The minimum absolute atomic E-state index is 0.0581. The molecule has 0 radical (unpaired) electrons. The van der Waals surface area contributed by atoms with Crippen LogP contribution in [-0.2, 0) is 9.53 Å². The maximum Gasteiger partial charge on any atom is 0.230 e. The average Bonchev–Trinajstić information content (AvgIpc) is 3.32. The minimum Gasteiger partial charge on any atom is -0.494 e. The van der Waals surface area contributed by atoms with Gasteiger partial charge in [-0.2, -0.15) is 0 Å². The van der Waals surface area contributed by atoms with Gasteiger partial charge in [0.25, 0.3) is 0 Å². The number of hydrogen-bond donors (Lipinski definition) is 2. The maximum atomic E-state index is 12.0. The normalized spacial score (nSPS) is 16.9. The molecule has 4 rings (SSSR count). The summed E-state index contributed by atoms with van der Waals surface area (Å²) in [5.41, 5.74) is 2.27. The van der Waals surface area contributed by atoms with Gasteiger partial charge in [-0.05, 0) is 38.0 Å². The van der Waals surface area contributed by atoms with Crippen LogP contribution in [0, 0.1) is 0 Å². The number of thioether (sulfide) groups is 1. The molecule has 2 N–H and O–H groups in total. The minimum atomic E-state index is -0.0581. The van der Waals surface area contributed by atoms with Gasteiger partial charge in [0.1, 0.15) is 11.3 Å². The second kappa shape index (κ2) is 8.10. The molecule has 1 saturated heterocycles. The second-order valence-electron chi connectivity index (χ2n) is 6.28. The largest absolute Gasteiger partial charge is 0.494 e. The van der Waals surface area contributed by atoms with Crippen molar-refractivity contribution in [3.05, 3.63) is 18.2 Å². The van der Waals surface area contributed by atoms with Crippen molar-refractivity contribution >= 4 is 39.7 Å². The van der Waals surface area contributed by atoms with Crippen molar-refractivity contribution in [2.24, 2.45) is 0 Å². The van der Waals surface area contributed by atoms with E-state index in [1.165, 1.54) is 11.8 Å². The number of amides is 1. The molecule has 9 heteroatoms. The highest BCUT2D eigenvalue weighted by Gasteiger charge is 2.16. The Hall–Kier alpha value is -2.39. The number of ether oxygens (including phenoxy) is 2. The Morgan fingerprint density at radius 3 is 3.19 bits per heavy atom. The third kappa shape index (κ3) is 4.14. The first-order valence-corrected chi connectivity index (χ1v) is 10.0. The molecule has 1 aromatic carbocycles. The van der Waals surface area contributed by atoms with E-state index in [0.717, 1.165) is 36.1 Å². The molecule has 0 unspecified atom stereocenters. The molecule has 2 aromatic heterocycles. The topological polar surface area (TPSA) is 102 Å². The highest BCUT2D eigenvalue weighted by molar-refractivity contribution is 7.99. The van der Waals surface area contributed by atoms with E-state index in [2.05, 4.69) is 25.5 Å². The zero-order valence-electron chi connectivity index (χ0n) is 15.0. The Morgan fingerprint density at radius 1 is 1.44 bits per heavy atom. The standard InChI is InChI=1S/C18H21N5O3S/c1-2-25-11-5-6-14-13(8-11)16-17(20-14)21-18(23-22-16)27-10-15(24)19-9-12-4-3-7-26-12/h5-6,8,12H,2-4,7,9-10H2,1H3,(H,19,24)(H,20,21,23)/t12-/m0/s1. The molecule has 142 valence electrons. The number of benzene rings is 1. The number of rotatable bonds is 7. The van der Waals surface area contributed by atoms with Crippen LogP contribution in [0.2, 0.25) is 0 Å². The van der Waals surface area contributed by atoms with Gasteiger partial charge in [0.15, 0.2) is 5.65 Å². The van der Waals surface area contributed by atoms with E-state index in [-0.39, 0.29) is 17.8 Å². The summed E-state index contributed by atoms with van der Waals surface area (Å²) in [4.78, 5) is 19.7. The predicted octanol–water partition coefficient (Wildman–Crippen LogP) is 2.29. The lowest BCUT2D eigenvalue weighted by atomic mass is 10.2. The van der Waals surface area contributed by atoms with Gasteiger partial charge in [-0.1, -0.05) is 11.8 Å². The van der Waals surface area contributed by atoms with Crippen LogP contribution in [0.3, 0.4) is 0 Å². The molecule has 0 spiro atoms. The number of nitrogens with one attached hydrogen (secondary N) is 2. The SMILES string of the molecule is CCOc1ccc2[nH]c3nc(SCC(=O)NC[C@@H]4CCCO4)nnc3c2c1. The zero-order valence-corrected chi connectivity index (χ0v) is 15.8. The Kier molecular flexibility index (Phi) is 5.40. The van der Waals surface area contributed by atoms with Gasteiger partial charge in [-0.25, -0.2) is 4.98 Å². The average molecular weight is 387 g/mol. The molecule has 0 aliphatic carbocycles. The van der Waals surface area contributed by atoms with Crippen LogP contribution in [0.4, 0.5) is 0 Å². The number of hydrogen-bond acceptors (Lipinski definition) is 7. The van der Waals surface area contributed by atoms with E-state index in [1.54, 1.807) is 0 Å². The van der Waals surface area contributed by atoms with E-state index in [1.807, 2.05) is 25.1 Å². The first-order chi connectivity index (χ1) is 13.2. The van der Waals surface area contributed by atoms with Gasteiger partial charge < -0.3 is 19.8 Å². The molecule has 27 heavy (non-hydrogen) atoms. The number of carbonyl (C=O) groups excluding carboxylic acids is 1. The fourth-order valence-electron chi connectivity index (χ4n) is 3.07. The molecule has 1 aliphatic heterocycles. The molecule has 0 saturated carbocycles. The highest BCUT2D eigenvalue weighted by Crippen LogP contribution is 2.27. The summed E-state index contributed by atoms with van der Waals surface area (Å²) in [7, 11) is 0. The molecule has 1 atom stereocenters. The lowest BCUT2D eigenvalue weighted by Gasteiger charge is -2.10. The molecule has 3 heterocycles. The van der Waals surface area contributed by atoms with Gasteiger partial charge in [-0.15, -0.1) is 10.2 Å². The van der Waals surface area contributed by atoms with Crippen LogP contribution in [0.15, 0.2) is 23.4 Å². The Morgan fingerprint density at radius 2 is 2.37 bits per heavy atom. The van der Waals surface area contributed by atoms with Crippen LogP contribution in [0.5, 0.6) is 5.75 Å². The van der Waals surface area contributed by atoms with E-state index >= 15 is 0 Å². The first kappa shape index (κ1) is 18.0. The van der Waals surface area contributed by atoms with Crippen molar-refractivity contribution in [3.8, 4) is 5.75 Å². The van der Waals surface area contributed by atoms with E-state index < -0.39 is 0 Å². The van der Waals surface area contributed by atoms with Crippen LogP contribution in [0.25, 0.3) is 22.1 Å². The summed E-state index contributed by atoms with van der Waals surface area (Å²) >= 11 is 1.26. The Bertz CT molecular complexity index is 955. The van der Waals surface area contributed by atoms with E-state index in [4.69, 9.17) is 9.47 Å². The molecule has 1 amide bonds. The molecule has 1 aliphatic rings. The summed E-state index contributed by atoms with van der Waals surface area (Å²) in [5.74, 6) is 0.973. The van der Waals surface area contributed by atoms with Crippen molar-refractivity contribution in [2.45, 2.75) is 31.0 Å². The fraction of sp³-hybridized carbons (Fsp3) is 0.444. The third-order valence-corrected chi connectivity index (χ3v) is 5.20. The molecular weight excluding hydrogens is 366 g/mol. The quantitative estimate of drug-likeness (QED) is 0.600. The molecule has 0 bridgehead atoms. The molecule has 1 fully saturated rings. The summed E-state index contributed by atoms with van der Waals surface area (Å²) in [6, 6.07) is 5.77. The third-order valence-electron chi connectivity index (χ3n) is 4.36. The monoisotopic (exact) mass is 387 g/mol. The number of carbonyl (C=O) groups is 1. The van der Waals surface area contributed by atoms with Gasteiger partial charge in [0.05, 0.1) is 18.5 Å². The fourth-order valence-corrected chi connectivity index (χ4v) is 3.68. The van der Waals surface area contributed by atoms with Gasteiger partial charge >= 0.3 is 0 Å². The number of aromatic nitrogens is 4. The van der Waals surface area contributed by atoms with Crippen molar-refractivity contribution in [3.63, 3.8) is 0 Å².